The van der Waals surface area contributed by atoms with Gasteiger partial charge in [0.25, 0.3) is 0 Å². The van der Waals surface area contributed by atoms with E-state index in [2.05, 4.69) is 5.32 Å². The van der Waals surface area contributed by atoms with E-state index in [1.54, 1.807) is 40.0 Å². The Morgan fingerprint density at radius 2 is 1.81 bits per heavy atom. The molecule has 3 N–H and O–H groups in total. The molecule has 0 aliphatic heterocycles. The van der Waals surface area contributed by atoms with Gasteiger partial charge in [-0.15, -0.1) is 0 Å². The topological polar surface area (TPSA) is 150 Å². The highest BCUT2D eigenvalue weighted by molar-refractivity contribution is 6.35. The van der Waals surface area contributed by atoms with Crippen molar-refractivity contribution < 1.29 is 29.0 Å². The summed E-state index contributed by atoms with van der Waals surface area (Å²) in [7, 11) is 1.72. The lowest BCUT2D eigenvalue weighted by Gasteiger charge is -2.20. The molecule has 0 aromatic heterocycles. The van der Waals surface area contributed by atoms with E-state index in [0.29, 0.717) is 23.1 Å². The maximum absolute atomic E-state index is 11.9. The van der Waals surface area contributed by atoms with Gasteiger partial charge in [-0.1, -0.05) is 0 Å². The number of anilines is 1. The maximum atomic E-state index is 11.9. The van der Waals surface area contributed by atoms with Crippen LogP contribution in [0.3, 0.4) is 0 Å². The van der Waals surface area contributed by atoms with Crippen molar-refractivity contribution in [2.45, 2.75) is 33.3 Å². The van der Waals surface area contributed by atoms with E-state index in [1.807, 2.05) is 6.07 Å². The van der Waals surface area contributed by atoms with Crippen molar-refractivity contribution in [3.05, 3.63) is 53.1 Å². The van der Waals surface area contributed by atoms with Crippen molar-refractivity contribution >= 4 is 29.6 Å². The van der Waals surface area contributed by atoms with Gasteiger partial charge in [0, 0.05) is 31.3 Å². The average molecular weight is 439 g/mol. The minimum Gasteiger partial charge on any atom is -0.507 e. The third kappa shape index (κ3) is 7.91. The van der Waals surface area contributed by atoms with Crippen molar-refractivity contribution in [1.29, 1.82) is 10.7 Å². The monoisotopic (exact) mass is 439 g/mol. The molecule has 0 amide bonds. The van der Waals surface area contributed by atoms with E-state index in [1.165, 1.54) is 31.2 Å². The number of nitriles is 1. The Morgan fingerprint density at radius 3 is 2.28 bits per heavy atom. The summed E-state index contributed by atoms with van der Waals surface area (Å²) in [4.78, 5) is 32.8. The van der Waals surface area contributed by atoms with E-state index in [-0.39, 0.29) is 22.8 Å². The molecule has 0 saturated carbocycles. The molecule has 2 aromatic carbocycles. The second kappa shape index (κ2) is 11.3. The molecule has 2 aromatic rings. The smallest absolute Gasteiger partial charge is 0.340 e. The number of carbonyl (C=O) groups excluding carboxylic acids is 3. The van der Waals surface area contributed by atoms with Crippen molar-refractivity contribution in [2.24, 2.45) is 0 Å². The van der Waals surface area contributed by atoms with Gasteiger partial charge in [-0.2, -0.15) is 5.26 Å². The van der Waals surface area contributed by atoms with Crippen LogP contribution in [0.25, 0.3) is 0 Å². The first-order valence-electron chi connectivity index (χ1n) is 9.42. The summed E-state index contributed by atoms with van der Waals surface area (Å²) in [5.74, 6) is -1.04. The molecule has 0 spiro atoms. The van der Waals surface area contributed by atoms with Crippen LogP contribution in [0.2, 0.25) is 0 Å². The van der Waals surface area contributed by atoms with Crippen LogP contribution in [-0.2, 0) is 14.3 Å². The van der Waals surface area contributed by atoms with Crippen LogP contribution in [-0.4, -0.2) is 41.7 Å². The van der Waals surface area contributed by atoms with Gasteiger partial charge in [0.2, 0.25) is 0 Å². The first kappa shape index (κ1) is 25.8. The average Bonchev–Trinajstić information content (AvgIpc) is 2.71. The van der Waals surface area contributed by atoms with E-state index in [9.17, 15) is 19.5 Å². The lowest BCUT2D eigenvalue weighted by atomic mass is 10.1. The Balaban J connectivity index is 0.000000323. The summed E-state index contributed by atoms with van der Waals surface area (Å²) in [5.41, 5.74) is 0.678. The van der Waals surface area contributed by atoms with Crippen LogP contribution in [0.15, 0.2) is 36.4 Å². The quantitative estimate of drug-likeness (QED) is 0.277. The highest BCUT2D eigenvalue weighted by Crippen LogP contribution is 2.24. The van der Waals surface area contributed by atoms with E-state index in [0.717, 1.165) is 0 Å². The predicted molar refractivity (Wildman–Crippen MR) is 118 cm³/mol. The molecule has 0 radical (unpaired) electrons. The molecule has 0 heterocycles. The zero-order valence-electron chi connectivity index (χ0n) is 18.5. The van der Waals surface area contributed by atoms with E-state index >= 15 is 0 Å². The summed E-state index contributed by atoms with van der Waals surface area (Å²) in [6.45, 7) is 6.65. The van der Waals surface area contributed by atoms with Crippen molar-refractivity contribution in [3.8, 4) is 17.6 Å². The Bertz CT molecular complexity index is 1060. The molecular weight excluding hydrogens is 414 g/mol. The zero-order valence-corrected chi connectivity index (χ0v) is 18.5. The van der Waals surface area contributed by atoms with Gasteiger partial charge in [0.1, 0.15) is 22.8 Å². The van der Waals surface area contributed by atoms with Gasteiger partial charge >= 0.3 is 11.9 Å². The number of ether oxygens (including phenoxy) is 2. The van der Waals surface area contributed by atoms with Crippen molar-refractivity contribution in [2.75, 3.05) is 12.4 Å². The number of phenols is 1. The molecule has 9 heteroatoms. The second-order valence-electron chi connectivity index (χ2n) is 7.43. The van der Waals surface area contributed by atoms with E-state index < -0.39 is 17.5 Å². The first-order chi connectivity index (χ1) is 14.9. The largest absolute Gasteiger partial charge is 0.507 e. The molecule has 0 aliphatic rings. The van der Waals surface area contributed by atoms with Gasteiger partial charge < -0.3 is 19.9 Å². The molecule has 2 rings (SSSR count). The maximum Gasteiger partial charge on any atom is 0.340 e. The highest BCUT2D eigenvalue weighted by atomic mass is 16.6. The minimum absolute atomic E-state index is 0.0981. The number of nitrogens with one attached hydrogen (secondary N) is 2. The van der Waals surface area contributed by atoms with Crippen LogP contribution in [0, 0.1) is 16.7 Å². The standard InChI is InChI=1S/C13H16N2O2.C10H9NO4/c1-13(2,3)17-12(16)10-7-9(8-14)5-6-11(10)15-4;1-6(13)15-7-2-3-8(9(11)5-12)10(14)4-7/h5-7,15H,1-4H3;2-5,11,14H,1H3. The van der Waals surface area contributed by atoms with Crippen molar-refractivity contribution in [1.82, 2.24) is 0 Å². The van der Waals surface area contributed by atoms with Gasteiger partial charge in [-0.3, -0.25) is 15.0 Å². The molecule has 32 heavy (non-hydrogen) atoms. The summed E-state index contributed by atoms with van der Waals surface area (Å²) >= 11 is 0. The SMILES string of the molecule is CC(=O)Oc1ccc(C(=N)C=O)c(O)c1.CNc1ccc(C#N)cc1C(=O)OC(C)(C)C. The molecule has 0 saturated heterocycles. The Morgan fingerprint density at radius 1 is 1.16 bits per heavy atom. The van der Waals surface area contributed by atoms with Gasteiger partial charge in [-0.25, -0.2) is 4.79 Å². The van der Waals surface area contributed by atoms with Crippen LogP contribution >= 0.6 is 0 Å². The third-order valence-corrected chi connectivity index (χ3v) is 3.68. The minimum atomic E-state index is -0.551. The fourth-order valence-corrected chi connectivity index (χ4v) is 2.37. The van der Waals surface area contributed by atoms with Crippen LogP contribution < -0.4 is 10.1 Å². The molecular formula is C23H25N3O6. The Hall–Kier alpha value is -4.19. The van der Waals surface area contributed by atoms with Crippen LogP contribution in [0.5, 0.6) is 11.5 Å². The van der Waals surface area contributed by atoms with E-state index in [4.69, 9.17) is 20.1 Å². The molecule has 0 atom stereocenters. The summed E-state index contributed by atoms with van der Waals surface area (Å²) in [6.07, 6.45) is 0.320. The number of carbonyl (C=O) groups is 3. The first-order valence-corrected chi connectivity index (χ1v) is 9.42. The third-order valence-electron chi connectivity index (χ3n) is 3.68. The fraction of sp³-hybridized carbons (Fsp3) is 0.261. The number of hydrogen-bond donors (Lipinski definition) is 3. The number of esters is 2. The van der Waals surface area contributed by atoms with Gasteiger partial charge in [0.05, 0.1) is 17.2 Å². The molecule has 0 fully saturated rings. The Labute approximate surface area is 186 Å². The zero-order chi connectivity index (χ0) is 24.5. The molecule has 168 valence electrons. The number of benzene rings is 2. The lowest BCUT2D eigenvalue weighted by Crippen LogP contribution is -2.24. The van der Waals surface area contributed by atoms with Gasteiger partial charge in [-0.05, 0) is 51.1 Å². The van der Waals surface area contributed by atoms with Gasteiger partial charge in [0.15, 0.2) is 6.29 Å². The molecule has 0 aliphatic carbocycles. The number of hydrogen-bond acceptors (Lipinski definition) is 9. The number of aromatic hydroxyl groups is 1. The molecule has 9 nitrogen and oxygen atoms in total. The number of rotatable bonds is 5. The summed E-state index contributed by atoms with van der Waals surface area (Å²) in [6, 6.07) is 10.8. The number of phenolic OH excluding ortho intramolecular Hbond substituents is 1. The predicted octanol–water partition coefficient (Wildman–Crippen LogP) is 3.44. The fourth-order valence-electron chi connectivity index (χ4n) is 2.37. The van der Waals surface area contributed by atoms with Crippen LogP contribution in [0.1, 0.15) is 49.2 Å². The summed E-state index contributed by atoms with van der Waals surface area (Å²) in [5, 5.41) is 28.3. The normalized spacial score (nSPS) is 10.0. The summed E-state index contributed by atoms with van der Waals surface area (Å²) < 4.78 is 9.98. The Kier molecular flexibility index (Phi) is 9.10. The number of aldehydes is 1. The van der Waals surface area contributed by atoms with Crippen LogP contribution in [0.4, 0.5) is 5.69 Å². The molecule has 0 unspecified atom stereocenters. The lowest BCUT2D eigenvalue weighted by molar-refractivity contribution is -0.131. The number of nitrogens with zero attached hydrogens (tertiary/aromatic N) is 1. The van der Waals surface area contributed by atoms with Crippen molar-refractivity contribution in [3.63, 3.8) is 0 Å². The molecule has 0 bridgehead atoms. The second-order valence-corrected chi connectivity index (χ2v) is 7.43. The highest BCUT2D eigenvalue weighted by Gasteiger charge is 2.20.